The lowest BCUT2D eigenvalue weighted by atomic mass is 9.48. The van der Waals surface area contributed by atoms with Crippen LogP contribution in [-0.4, -0.2) is 48.6 Å². The van der Waals surface area contributed by atoms with Crippen molar-refractivity contribution in [1.29, 1.82) is 5.26 Å². The molecule has 2 aromatic rings. The average molecular weight is 570 g/mol. The van der Waals surface area contributed by atoms with Gasteiger partial charge in [-0.2, -0.15) is 10.2 Å². The lowest BCUT2D eigenvalue weighted by molar-refractivity contribution is -0.274. The normalized spacial score (nSPS) is 29.2. The molecule has 4 N–H and O–H groups in total. The second-order valence-electron chi connectivity index (χ2n) is 12.5. The van der Waals surface area contributed by atoms with Crippen LogP contribution in [-0.2, 0) is 6.54 Å². The third kappa shape index (κ3) is 6.54. The van der Waals surface area contributed by atoms with E-state index in [0.29, 0.717) is 34.8 Å². The third-order valence-electron chi connectivity index (χ3n) is 9.68. The van der Waals surface area contributed by atoms with Crippen LogP contribution in [0.3, 0.4) is 0 Å². The van der Waals surface area contributed by atoms with Crippen LogP contribution >= 0.6 is 0 Å². The van der Waals surface area contributed by atoms with Gasteiger partial charge in [0.2, 0.25) is 5.95 Å². The summed E-state index contributed by atoms with van der Waals surface area (Å²) in [6.07, 6.45) is 5.40. The summed E-state index contributed by atoms with van der Waals surface area (Å²) in [5.41, 5.74) is 0.870. The van der Waals surface area contributed by atoms with E-state index < -0.39 is 6.36 Å². The minimum atomic E-state index is -4.78. The fraction of sp³-hybridized carbons (Fsp3) is 0.633. The fourth-order valence-electron chi connectivity index (χ4n) is 8.13. The molecule has 4 aliphatic carbocycles. The molecule has 5 fully saturated rings. The number of nitrogens with one attached hydrogen (secondary N) is 4. The Hall–Kier alpha value is -3.10. The summed E-state index contributed by atoms with van der Waals surface area (Å²) in [6, 6.07) is 8.75. The van der Waals surface area contributed by atoms with Crippen LogP contribution in [0.15, 0.2) is 30.5 Å². The molecule has 11 heteroatoms. The minimum absolute atomic E-state index is 0.0400. The molecule has 2 heterocycles. The fourth-order valence-corrected chi connectivity index (χ4v) is 8.13. The van der Waals surface area contributed by atoms with Crippen molar-refractivity contribution in [2.45, 2.75) is 63.9 Å². The summed E-state index contributed by atoms with van der Waals surface area (Å²) >= 11 is 0. The van der Waals surface area contributed by atoms with Crippen LogP contribution in [0, 0.1) is 40.4 Å². The van der Waals surface area contributed by atoms with Gasteiger partial charge in [-0.3, -0.25) is 0 Å². The molecule has 5 atom stereocenters. The molecule has 1 aliphatic heterocycles. The Labute approximate surface area is 238 Å². The first kappa shape index (κ1) is 28.0. The SMILES string of the molecule is N#Cc1cnc(NCc2ccccc2OC(F)(F)F)nc1NC[C@]12CC3C[C@H](C1)[C@@H](NCC1CCNCC1)[C@@H](C3)C2. The minimum Gasteiger partial charge on any atom is -0.405 e. The molecule has 4 bridgehead atoms. The van der Waals surface area contributed by atoms with E-state index in [1.54, 1.807) is 12.1 Å². The van der Waals surface area contributed by atoms with Crippen molar-refractivity contribution in [3.63, 3.8) is 0 Å². The van der Waals surface area contributed by atoms with Crippen molar-refractivity contribution in [2.24, 2.45) is 29.1 Å². The molecular formula is C30H38F3N7O. The van der Waals surface area contributed by atoms with Gasteiger partial charge in [0.05, 0.1) is 6.20 Å². The summed E-state index contributed by atoms with van der Waals surface area (Å²) in [5.74, 6) is 3.36. The Morgan fingerprint density at radius 3 is 2.56 bits per heavy atom. The zero-order valence-electron chi connectivity index (χ0n) is 23.1. The van der Waals surface area contributed by atoms with Gasteiger partial charge in [-0.15, -0.1) is 13.2 Å². The van der Waals surface area contributed by atoms with Gasteiger partial charge in [0.15, 0.2) is 0 Å². The zero-order chi connectivity index (χ0) is 28.5. The standard InChI is InChI=1S/C30H38F3N7O/c31-30(32,33)41-25-4-2-1-3-21(25)16-37-28-38-17-24(14-34)27(40-28)39-18-29-11-20-9-22(12-29)26(23(10-20)13-29)36-15-19-5-7-35-8-6-19/h1-4,17,19-20,22-23,26,35-36H,5-13,15-16,18H2,(H2,37,38,39,40)/t20?,22-,23+,26-,29-. The molecule has 1 aromatic carbocycles. The number of hydrogen-bond donors (Lipinski definition) is 4. The molecule has 1 unspecified atom stereocenters. The Kier molecular flexibility index (Phi) is 7.97. The predicted molar refractivity (Wildman–Crippen MR) is 149 cm³/mol. The Morgan fingerprint density at radius 2 is 1.83 bits per heavy atom. The summed E-state index contributed by atoms with van der Waals surface area (Å²) in [6.45, 7) is 4.18. The number of alkyl halides is 3. The molecule has 0 amide bonds. The van der Waals surface area contributed by atoms with Crippen molar-refractivity contribution in [3.8, 4) is 11.8 Å². The van der Waals surface area contributed by atoms with Crippen LogP contribution in [0.4, 0.5) is 24.9 Å². The predicted octanol–water partition coefficient (Wildman–Crippen LogP) is 5.05. The second-order valence-corrected chi connectivity index (χ2v) is 12.5. The van der Waals surface area contributed by atoms with Crippen molar-refractivity contribution in [2.75, 3.05) is 36.8 Å². The number of benzene rings is 1. The molecule has 1 saturated heterocycles. The van der Waals surface area contributed by atoms with Crippen molar-refractivity contribution in [3.05, 3.63) is 41.6 Å². The van der Waals surface area contributed by atoms with Gasteiger partial charge < -0.3 is 26.0 Å². The molecule has 0 radical (unpaired) electrons. The second kappa shape index (κ2) is 11.6. The number of aromatic nitrogens is 2. The smallest absolute Gasteiger partial charge is 0.405 e. The van der Waals surface area contributed by atoms with E-state index in [1.165, 1.54) is 63.3 Å². The number of halogens is 3. The number of nitrogens with zero attached hydrogens (tertiary/aromatic N) is 3. The summed E-state index contributed by atoms with van der Waals surface area (Å²) in [4.78, 5) is 8.75. The van der Waals surface area contributed by atoms with Gasteiger partial charge >= 0.3 is 6.36 Å². The third-order valence-corrected chi connectivity index (χ3v) is 9.68. The Balaban J connectivity index is 1.09. The first-order valence-corrected chi connectivity index (χ1v) is 14.8. The number of nitriles is 1. The maximum absolute atomic E-state index is 12.8. The Bertz CT molecular complexity index is 1240. The highest BCUT2D eigenvalue weighted by Gasteiger charge is 2.55. The summed E-state index contributed by atoms with van der Waals surface area (Å²) < 4.78 is 42.5. The quantitative estimate of drug-likeness (QED) is 0.315. The molecule has 8 nitrogen and oxygen atoms in total. The first-order valence-electron chi connectivity index (χ1n) is 14.8. The highest BCUT2D eigenvalue weighted by atomic mass is 19.4. The van der Waals surface area contributed by atoms with Gasteiger partial charge in [-0.1, -0.05) is 18.2 Å². The monoisotopic (exact) mass is 569 g/mol. The van der Waals surface area contributed by atoms with Crippen LogP contribution in [0.1, 0.15) is 56.1 Å². The molecule has 7 rings (SSSR count). The zero-order valence-corrected chi connectivity index (χ0v) is 23.1. The number of rotatable bonds is 10. The van der Waals surface area contributed by atoms with Gasteiger partial charge in [-0.05, 0) is 99.7 Å². The molecular weight excluding hydrogens is 531 g/mol. The number of hydrogen-bond acceptors (Lipinski definition) is 8. The van der Waals surface area contributed by atoms with Crippen LogP contribution in [0.25, 0.3) is 0 Å². The van der Waals surface area contributed by atoms with E-state index in [4.69, 9.17) is 0 Å². The average Bonchev–Trinajstić information content (AvgIpc) is 2.95. The van der Waals surface area contributed by atoms with Gasteiger partial charge in [0.25, 0.3) is 0 Å². The number of anilines is 2. The summed E-state index contributed by atoms with van der Waals surface area (Å²) in [5, 5.41) is 23.6. The van der Waals surface area contributed by atoms with Crippen LogP contribution < -0.4 is 26.0 Å². The highest BCUT2D eigenvalue weighted by molar-refractivity contribution is 5.53. The molecule has 1 aromatic heterocycles. The van der Waals surface area contributed by atoms with E-state index >= 15 is 0 Å². The van der Waals surface area contributed by atoms with E-state index in [2.05, 4.69) is 42.0 Å². The first-order chi connectivity index (χ1) is 19.8. The maximum Gasteiger partial charge on any atom is 0.573 e. The highest BCUT2D eigenvalue weighted by Crippen LogP contribution is 2.60. The van der Waals surface area contributed by atoms with Crippen LogP contribution in [0.2, 0.25) is 0 Å². The number of piperidine rings is 1. The van der Waals surface area contributed by atoms with Gasteiger partial charge in [0, 0.05) is 24.7 Å². The lowest BCUT2D eigenvalue weighted by Gasteiger charge is -2.60. The van der Waals surface area contributed by atoms with E-state index in [1.807, 2.05) is 0 Å². The molecule has 0 spiro atoms. The topological polar surface area (TPSA) is 107 Å². The Morgan fingerprint density at radius 1 is 1.07 bits per heavy atom. The number of para-hydroxylation sites is 1. The van der Waals surface area contributed by atoms with Crippen LogP contribution in [0.5, 0.6) is 5.75 Å². The largest absolute Gasteiger partial charge is 0.573 e. The number of ether oxygens (including phenoxy) is 1. The molecule has 41 heavy (non-hydrogen) atoms. The van der Waals surface area contributed by atoms with E-state index in [-0.39, 0.29) is 23.7 Å². The van der Waals surface area contributed by atoms with Crippen molar-refractivity contribution >= 4 is 11.8 Å². The van der Waals surface area contributed by atoms with E-state index in [9.17, 15) is 18.4 Å². The molecule has 4 saturated carbocycles. The van der Waals surface area contributed by atoms with Gasteiger partial charge in [-0.25, -0.2) is 4.98 Å². The van der Waals surface area contributed by atoms with Crippen molar-refractivity contribution < 1.29 is 17.9 Å². The van der Waals surface area contributed by atoms with Gasteiger partial charge in [0.1, 0.15) is 23.2 Å². The van der Waals surface area contributed by atoms with Crippen molar-refractivity contribution in [1.82, 2.24) is 20.6 Å². The lowest BCUT2D eigenvalue weighted by Crippen LogP contribution is -2.60. The molecule has 5 aliphatic rings. The summed E-state index contributed by atoms with van der Waals surface area (Å²) in [7, 11) is 0. The maximum atomic E-state index is 12.8. The van der Waals surface area contributed by atoms with E-state index in [0.717, 1.165) is 38.0 Å². The molecule has 220 valence electrons.